The molecule has 8 heteroatoms. The van der Waals surface area contributed by atoms with Crippen LogP contribution < -0.4 is 5.32 Å². The zero-order chi connectivity index (χ0) is 23.4. The molecule has 0 spiro atoms. The summed E-state index contributed by atoms with van der Waals surface area (Å²) >= 11 is 0. The normalized spacial score (nSPS) is 12.1. The number of nitrogens with one attached hydrogen (secondary N) is 1. The number of methoxy groups -OCH3 is 1. The molecule has 1 N–H and O–H groups in total. The minimum absolute atomic E-state index is 0.0744. The lowest BCUT2D eigenvalue weighted by atomic mass is 10.0. The van der Waals surface area contributed by atoms with Gasteiger partial charge in [-0.05, 0) is 47.9 Å². The van der Waals surface area contributed by atoms with Crippen LogP contribution >= 0.6 is 0 Å². The number of carbonyl (C=O) groups excluding carboxylic acids is 2. The molecular formula is C24H27FN4O3. The summed E-state index contributed by atoms with van der Waals surface area (Å²) in [4.78, 5) is 28.8. The van der Waals surface area contributed by atoms with Gasteiger partial charge in [0.2, 0.25) is 5.91 Å². The van der Waals surface area contributed by atoms with Crippen LogP contribution in [-0.2, 0) is 14.3 Å². The van der Waals surface area contributed by atoms with Gasteiger partial charge in [0.15, 0.2) is 6.04 Å². The minimum atomic E-state index is -0.630. The molecule has 1 amide bonds. The van der Waals surface area contributed by atoms with Gasteiger partial charge in [-0.1, -0.05) is 27.7 Å². The maximum atomic E-state index is 13.5. The second-order valence-corrected chi connectivity index (χ2v) is 8.16. The molecule has 0 saturated heterocycles. The third-order valence-corrected chi connectivity index (χ3v) is 5.06. The molecular weight excluding hydrogens is 411 g/mol. The van der Waals surface area contributed by atoms with E-state index in [9.17, 15) is 14.0 Å². The second kappa shape index (κ2) is 9.72. The summed E-state index contributed by atoms with van der Waals surface area (Å²) in [6.45, 7) is 7.42. The van der Waals surface area contributed by atoms with E-state index < -0.39 is 12.0 Å². The third-order valence-electron chi connectivity index (χ3n) is 5.06. The molecule has 168 valence electrons. The van der Waals surface area contributed by atoms with Crippen LogP contribution in [0.15, 0.2) is 48.8 Å². The fourth-order valence-corrected chi connectivity index (χ4v) is 3.31. The quantitative estimate of drug-likeness (QED) is 0.540. The lowest BCUT2D eigenvalue weighted by molar-refractivity contribution is -0.146. The highest BCUT2D eigenvalue weighted by Gasteiger charge is 2.28. The van der Waals surface area contributed by atoms with E-state index in [0.29, 0.717) is 22.6 Å². The van der Waals surface area contributed by atoms with Crippen molar-refractivity contribution < 1.29 is 18.7 Å². The van der Waals surface area contributed by atoms with Crippen molar-refractivity contribution in [3.8, 4) is 22.4 Å². The Morgan fingerprint density at radius 3 is 2.34 bits per heavy atom. The van der Waals surface area contributed by atoms with Crippen LogP contribution in [0.1, 0.15) is 33.7 Å². The summed E-state index contributed by atoms with van der Waals surface area (Å²) in [7, 11) is 1.34. The first-order valence-corrected chi connectivity index (χ1v) is 10.4. The third kappa shape index (κ3) is 5.01. The van der Waals surface area contributed by atoms with E-state index in [1.807, 2.05) is 13.8 Å². The Labute approximate surface area is 186 Å². The standard InChI is InChI=1S/C24H27FN4O3/c1-14(2)22(24(31)32-5)29-13-19(21(28-29)16-6-8-18(25)9-7-16)17-10-11-26-20(12-17)27-23(30)15(3)4/h6-15,22H,1-5H3,(H,26,27,30). The number of carbonyl (C=O) groups is 2. The molecule has 0 aliphatic carbocycles. The summed E-state index contributed by atoms with van der Waals surface area (Å²) in [5.41, 5.74) is 2.73. The first kappa shape index (κ1) is 23.1. The van der Waals surface area contributed by atoms with Crippen molar-refractivity contribution in [2.24, 2.45) is 11.8 Å². The molecule has 0 saturated carbocycles. The van der Waals surface area contributed by atoms with E-state index in [-0.39, 0.29) is 23.6 Å². The van der Waals surface area contributed by atoms with Gasteiger partial charge in [0.05, 0.1) is 7.11 Å². The number of nitrogens with zero attached hydrogens (tertiary/aromatic N) is 3. The smallest absolute Gasteiger partial charge is 0.330 e. The number of hydrogen-bond donors (Lipinski definition) is 1. The molecule has 3 aromatic rings. The van der Waals surface area contributed by atoms with E-state index in [4.69, 9.17) is 4.74 Å². The van der Waals surface area contributed by atoms with E-state index in [2.05, 4.69) is 15.4 Å². The van der Waals surface area contributed by atoms with Crippen LogP contribution in [-0.4, -0.2) is 33.8 Å². The number of anilines is 1. The van der Waals surface area contributed by atoms with Gasteiger partial charge >= 0.3 is 5.97 Å². The van der Waals surface area contributed by atoms with Gasteiger partial charge in [-0.25, -0.2) is 14.2 Å². The highest BCUT2D eigenvalue weighted by molar-refractivity contribution is 5.92. The van der Waals surface area contributed by atoms with Gasteiger partial charge in [0.1, 0.15) is 17.3 Å². The number of benzene rings is 1. The zero-order valence-electron chi connectivity index (χ0n) is 18.8. The van der Waals surface area contributed by atoms with Crippen molar-refractivity contribution in [1.29, 1.82) is 0 Å². The molecule has 1 aromatic carbocycles. The Morgan fingerprint density at radius 2 is 1.75 bits per heavy atom. The number of rotatable bonds is 7. The van der Waals surface area contributed by atoms with Crippen LogP contribution in [0.3, 0.4) is 0 Å². The lowest BCUT2D eigenvalue weighted by Crippen LogP contribution is -2.26. The summed E-state index contributed by atoms with van der Waals surface area (Å²) in [6, 6.07) is 8.90. The Morgan fingerprint density at radius 1 is 1.06 bits per heavy atom. The average Bonchev–Trinajstić information content (AvgIpc) is 3.18. The Hall–Kier alpha value is -3.55. The molecule has 0 radical (unpaired) electrons. The molecule has 0 aliphatic rings. The van der Waals surface area contributed by atoms with Crippen molar-refractivity contribution >= 4 is 17.7 Å². The van der Waals surface area contributed by atoms with E-state index >= 15 is 0 Å². The Kier molecular flexibility index (Phi) is 7.02. The Bertz CT molecular complexity index is 1110. The van der Waals surface area contributed by atoms with Gasteiger partial charge in [0, 0.05) is 29.4 Å². The molecule has 32 heavy (non-hydrogen) atoms. The second-order valence-electron chi connectivity index (χ2n) is 8.16. The van der Waals surface area contributed by atoms with Crippen molar-refractivity contribution in [3.05, 3.63) is 54.6 Å². The predicted molar refractivity (Wildman–Crippen MR) is 120 cm³/mol. The number of pyridine rings is 1. The molecule has 2 aromatic heterocycles. The van der Waals surface area contributed by atoms with Gasteiger partial charge in [-0.2, -0.15) is 5.10 Å². The van der Waals surface area contributed by atoms with Gasteiger partial charge < -0.3 is 10.1 Å². The highest BCUT2D eigenvalue weighted by Crippen LogP contribution is 2.34. The topological polar surface area (TPSA) is 86.1 Å². The van der Waals surface area contributed by atoms with Gasteiger partial charge in [-0.3, -0.25) is 9.48 Å². The monoisotopic (exact) mass is 438 g/mol. The summed E-state index contributed by atoms with van der Waals surface area (Å²) in [6.07, 6.45) is 3.36. The molecule has 0 bridgehead atoms. The molecule has 1 atom stereocenters. The van der Waals surface area contributed by atoms with E-state index in [1.165, 1.54) is 19.2 Å². The van der Waals surface area contributed by atoms with Crippen LogP contribution in [0.4, 0.5) is 10.2 Å². The largest absolute Gasteiger partial charge is 0.467 e. The minimum Gasteiger partial charge on any atom is -0.467 e. The number of halogens is 1. The van der Waals surface area contributed by atoms with Crippen LogP contribution in [0.2, 0.25) is 0 Å². The molecule has 3 rings (SSSR count). The highest BCUT2D eigenvalue weighted by atomic mass is 19.1. The first-order chi connectivity index (χ1) is 15.2. The van der Waals surface area contributed by atoms with Crippen LogP contribution in [0, 0.1) is 17.7 Å². The summed E-state index contributed by atoms with van der Waals surface area (Å²) in [5, 5.41) is 7.47. The molecule has 0 fully saturated rings. The number of ether oxygens (including phenoxy) is 1. The van der Waals surface area contributed by atoms with Crippen molar-refractivity contribution in [3.63, 3.8) is 0 Å². The van der Waals surface area contributed by atoms with Crippen LogP contribution in [0.25, 0.3) is 22.4 Å². The SMILES string of the molecule is COC(=O)C(C(C)C)n1cc(-c2ccnc(NC(=O)C(C)C)c2)c(-c2ccc(F)cc2)n1. The molecule has 2 heterocycles. The fourth-order valence-electron chi connectivity index (χ4n) is 3.31. The fraction of sp³-hybridized carbons (Fsp3) is 0.333. The Balaban J connectivity index is 2.13. The molecule has 1 unspecified atom stereocenters. The average molecular weight is 439 g/mol. The molecule has 0 aliphatic heterocycles. The first-order valence-electron chi connectivity index (χ1n) is 10.4. The maximum Gasteiger partial charge on any atom is 0.330 e. The van der Waals surface area contributed by atoms with Gasteiger partial charge in [-0.15, -0.1) is 0 Å². The van der Waals surface area contributed by atoms with Gasteiger partial charge in [0.25, 0.3) is 0 Å². The number of esters is 1. The van der Waals surface area contributed by atoms with Crippen molar-refractivity contribution in [2.75, 3.05) is 12.4 Å². The lowest BCUT2D eigenvalue weighted by Gasteiger charge is -2.18. The number of hydrogen-bond acceptors (Lipinski definition) is 5. The summed E-state index contributed by atoms with van der Waals surface area (Å²) in [5.74, 6) is -0.757. The van der Waals surface area contributed by atoms with E-state index in [1.54, 1.807) is 55.2 Å². The zero-order valence-corrected chi connectivity index (χ0v) is 18.8. The summed E-state index contributed by atoms with van der Waals surface area (Å²) < 4.78 is 20.1. The number of aromatic nitrogens is 3. The maximum absolute atomic E-state index is 13.5. The molecule has 7 nitrogen and oxygen atoms in total. The van der Waals surface area contributed by atoms with Crippen LogP contribution in [0.5, 0.6) is 0 Å². The van der Waals surface area contributed by atoms with Crippen molar-refractivity contribution in [2.45, 2.75) is 33.7 Å². The number of amides is 1. The van der Waals surface area contributed by atoms with E-state index in [0.717, 1.165) is 5.56 Å². The van der Waals surface area contributed by atoms with Crippen molar-refractivity contribution in [1.82, 2.24) is 14.8 Å². The predicted octanol–water partition coefficient (Wildman–Crippen LogP) is 4.72.